The van der Waals surface area contributed by atoms with Gasteiger partial charge in [0.15, 0.2) is 22.9 Å². The van der Waals surface area contributed by atoms with Gasteiger partial charge in [-0.15, -0.1) is 0 Å². The van der Waals surface area contributed by atoms with Gasteiger partial charge in [-0.05, 0) is 37.8 Å². The normalized spacial score (nSPS) is 14.3. The number of aromatic nitrogens is 2. The number of nitrogens with zero attached hydrogens (tertiary/aromatic N) is 2. The zero-order chi connectivity index (χ0) is 20.1. The van der Waals surface area contributed by atoms with Crippen LogP contribution in [0.2, 0.25) is 0 Å². The van der Waals surface area contributed by atoms with Crippen molar-refractivity contribution in [3.05, 3.63) is 23.4 Å². The van der Waals surface area contributed by atoms with E-state index in [2.05, 4.69) is 0 Å². The molecule has 1 heterocycles. The molecule has 1 aliphatic carbocycles. The Bertz CT molecular complexity index is 805. The Morgan fingerprint density at radius 2 is 1.68 bits per heavy atom. The molecule has 0 bridgehead atoms. The van der Waals surface area contributed by atoms with E-state index in [1.807, 2.05) is 12.1 Å². The number of hydrogen-bond acceptors (Lipinski definition) is 8. The summed E-state index contributed by atoms with van der Waals surface area (Å²) in [6.07, 6.45) is 3.24. The van der Waals surface area contributed by atoms with Crippen LogP contribution in [0.15, 0.2) is 17.3 Å². The molecule has 0 radical (unpaired) electrons. The summed E-state index contributed by atoms with van der Waals surface area (Å²) in [5.41, 5.74) is 4.00. The summed E-state index contributed by atoms with van der Waals surface area (Å²) in [7, 11) is 6.26. The molecule has 1 aromatic carbocycles. The monoisotopic (exact) mass is 406 g/mol. The van der Waals surface area contributed by atoms with Crippen molar-refractivity contribution in [1.29, 1.82) is 0 Å². The van der Waals surface area contributed by atoms with E-state index >= 15 is 0 Å². The lowest BCUT2D eigenvalue weighted by molar-refractivity contribution is -0.0546. The van der Waals surface area contributed by atoms with Crippen LogP contribution in [0.25, 0.3) is 11.3 Å². The van der Waals surface area contributed by atoms with Crippen LogP contribution < -0.4 is 14.2 Å². The molecule has 7 nitrogen and oxygen atoms in total. The summed E-state index contributed by atoms with van der Waals surface area (Å²) in [6, 6.07) is 3.83. The maximum atomic E-state index is 9.69. The van der Waals surface area contributed by atoms with Gasteiger partial charge in [-0.1, -0.05) is 11.8 Å². The first-order valence-electron chi connectivity index (χ1n) is 9.15. The molecule has 1 aliphatic rings. The summed E-state index contributed by atoms with van der Waals surface area (Å²) >= 11 is 1.38. The number of benzene rings is 1. The van der Waals surface area contributed by atoms with Crippen molar-refractivity contribution in [2.24, 2.45) is 0 Å². The van der Waals surface area contributed by atoms with Crippen LogP contribution in [-0.2, 0) is 17.6 Å². The summed E-state index contributed by atoms with van der Waals surface area (Å²) in [5.74, 6) is 2.09. The number of aliphatic hydroxyl groups excluding tert-OH is 1. The highest BCUT2D eigenvalue weighted by molar-refractivity contribution is 7.99. The van der Waals surface area contributed by atoms with Gasteiger partial charge in [0, 0.05) is 23.9 Å². The first-order chi connectivity index (χ1) is 13.6. The van der Waals surface area contributed by atoms with Crippen molar-refractivity contribution in [2.75, 3.05) is 34.2 Å². The molecule has 1 N–H and O–H groups in total. The molecule has 0 fully saturated rings. The van der Waals surface area contributed by atoms with E-state index in [9.17, 15) is 5.11 Å². The lowest BCUT2D eigenvalue weighted by atomic mass is 9.92. The zero-order valence-corrected chi connectivity index (χ0v) is 17.5. The fourth-order valence-corrected chi connectivity index (χ4v) is 4.06. The Hall–Kier alpha value is -2.03. The van der Waals surface area contributed by atoms with Crippen LogP contribution >= 0.6 is 11.8 Å². The van der Waals surface area contributed by atoms with E-state index < -0.39 is 6.29 Å². The van der Waals surface area contributed by atoms with Gasteiger partial charge in [-0.2, -0.15) is 0 Å². The molecule has 8 heteroatoms. The quantitative estimate of drug-likeness (QED) is 0.407. The number of thioether (sulfide) groups is 1. The van der Waals surface area contributed by atoms with E-state index in [0.717, 1.165) is 48.2 Å². The van der Waals surface area contributed by atoms with E-state index in [1.165, 1.54) is 18.9 Å². The molecule has 0 aliphatic heterocycles. The maximum Gasteiger partial charge on any atom is 0.203 e. The summed E-state index contributed by atoms with van der Waals surface area (Å²) in [5, 5.41) is 10.3. The van der Waals surface area contributed by atoms with Crippen molar-refractivity contribution >= 4 is 11.8 Å². The first kappa shape index (κ1) is 20.7. The lowest BCUT2D eigenvalue weighted by Gasteiger charge is -2.20. The Labute approximate surface area is 169 Å². The van der Waals surface area contributed by atoms with Crippen LogP contribution in [0.4, 0.5) is 0 Å². The smallest absolute Gasteiger partial charge is 0.203 e. The topological polar surface area (TPSA) is 82.9 Å². The number of methoxy groups -OCH3 is 4. The average Bonchev–Trinajstić information content (AvgIpc) is 2.75. The molecule has 1 atom stereocenters. The predicted molar refractivity (Wildman–Crippen MR) is 108 cm³/mol. The Morgan fingerprint density at radius 1 is 1.00 bits per heavy atom. The highest BCUT2D eigenvalue weighted by Crippen LogP contribution is 2.42. The number of rotatable bonds is 8. The summed E-state index contributed by atoms with van der Waals surface area (Å²) in [6.45, 7) is 0. The van der Waals surface area contributed by atoms with Crippen LogP contribution in [0.5, 0.6) is 17.2 Å². The minimum absolute atomic E-state index is 0.365. The fourth-order valence-electron chi connectivity index (χ4n) is 3.31. The molecule has 0 unspecified atom stereocenters. The summed E-state index contributed by atoms with van der Waals surface area (Å²) < 4.78 is 21.4. The second kappa shape index (κ2) is 9.45. The molecule has 0 saturated carbocycles. The highest BCUT2D eigenvalue weighted by atomic mass is 32.2. The number of aliphatic hydroxyl groups is 1. The van der Waals surface area contributed by atoms with Gasteiger partial charge >= 0.3 is 0 Å². The van der Waals surface area contributed by atoms with Gasteiger partial charge in [-0.3, -0.25) is 0 Å². The van der Waals surface area contributed by atoms with Crippen LogP contribution in [0, 0.1) is 0 Å². The third kappa shape index (κ3) is 4.34. The van der Waals surface area contributed by atoms with E-state index in [0.29, 0.717) is 28.2 Å². The number of fused-ring (bicyclic) bond motifs is 1. The molecule has 1 aromatic heterocycles. The van der Waals surface area contributed by atoms with Gasteiger partial charge in [-0.25, -0.2) is 9.97 Å². The molecular formula is C20H26N2O5S. The number of ether oxygens (including phenoxy) is 4. The van der Waals surface area contributed by atoms with Gasteiger partial charge in [0.2, 0.25) is 5.75 Å². The minimum Gasteiger partial charge on any atom is -0.493 e. The standard InChI is InChI=1S/C20H26N2O5S/c1-24-15-9-12(10-16(25-2)19(15)27-4)18-13-7-5-6-8-14(13)21-20(22-18)28-11-17(23)26-3/h9-10,17,23H,5-8,11H2,1-4H3/t17-/m0/s1. The van der Waals surface area contributed by atoms with E-state index in [4.69, 9.17) is 28.9 Å². The Morgan fingerprint density at radius 3 is 2.29 bits per heavy atom. The van der Waals surface area contributed by atoms with Crippen molar-refractivity contribution in [3.63, 3.8) is 0 Å². The SMILES string of the molecule is COc1cc(-c2nc(SC[C@@H](O)OC)nc3c2CCCC3)cc(OC)c1OC. The van der Waals surface area contributed by atoms with Crippen molar-refractivity contribution in [1.82, 2.24) is 9.97 Å². The molecule has 0 spiro atoms. The van der Waals surface area contributed by atoms with E-state index in [-0.39, 0.29) is 0 Å². The predicted octanol–water partition coefficient (Wildman–Crippen LogP) is 3.11. The largest absolute Gasteiger partial charge is 0.493 e. The highest BCUT2D eigenvalue weighted by Gasteiger charge is 2.22. The van der Waals surface area contributed by atoms with Crippen molar-refractivity contribution in [3.8, 4) is 28.5 Å². The number of aryl methyl sites for hydroxylation is 1. The minimum atomic E-state index is -0.853. The Balaban J connectivity index is 2.09. The van der Waals surface area contributed by atoms with Gasteiger partial charge in [0.1, 0.15) is 0 Å². The molecule has 152 valence electrons. The lowest BCUT2D eigenvalue weighted by Crippen LogP contribution is -2.14. The Kier molecular flexibility index (Phi) is 6.98. The fraction of sp³-hybridized carbons (Fsp3) is 0.500. The van der Waals surface area contributed by atoms with Crippen LogP contribution in [0.1, 0.15) is 24.1 Å². The van der Waals surface area contributed by atoms with Crippen molar-refractivity contribution in [2.45, 2.75) is 37.1 Å². The van der Waals surface area contributed by atoms with Crippen LogP contribution in [0.3, 0.4) is 0 Å². The second-order valence-corrected chi connectivity index (χ2v) is 7.39. The van der Waals surface area contributed by atoms with Gasteiger partial charge in [0.25, 0.3) is 0 Å². The van der Waals surface area contributed by atoms with Crippen LogP contribution in [-0.4, -0.2) is 55.6 Å². The molecule has 3 rings (SSSR count). The van der Waals surface area contributed by atoms with E-state index in [1.54, 1.807) is 21.3 Å². The molecular weight excluding hydrogens is 380 g/mol. The third-order valence-corrected chi connectivity index (χ3v) is 5.62. The maximum absolute atomic E-state index is 9.69. The number of hydrogen-bond donors (Lipinski definition) is 1. The molecule has 2 aromatic rings. The third-order valence-electron chi connectivity index (χ3n) is 4.73. The summed E-state index contributed by atoms with van der Waals surface area (Å²) in [4.78, 5) is 9.52. The van der Waals surface area contributed by atoms with Crippen molar-refractivity contribution < 1.29 is 24.1 Å². The van der Waals surface area contributed by atoms with Gasteiger partial charge < -0.3 is 24.1 Å². The average molecular weight is 407 g/mol. The molecule has 0 saturated heterocycles. The molecule has 0 amide bonds. The van der Waals surface area contributed by atoms with Gasteiger partial charge in [0.05, 0.1) is 32.8 Å². The zero-order valence-electron chi connectivity index (χ0n) is 16.7. The first-order valence-corrected chi connectivity index (χ1v) is 10.1. The second-order valence-electron chi connectivity index (χ2n) is 6.40. The molecule has 28 heavy (non-hydrogen) atoms.